The van der Waals surface area contributed by atoms with Crippen molar-refractivity contribution in [3.8, 4) is 23.8 Å². The summed E-state index contributed by atoms with van der Waals surface area (Å²) in [5.41, 5.74) is 1.59. The Hall–Kier alpha value is -2.95. The number of benzene rings is 2. The molecule has 8 heteroatoms. The number of carbonyl (C=O) groups is 2. The SMILES string of the molecule is C#CCOc1c(Br)cc(/C=C2\NC(=O)N(Cc3ccc(Cl)cc3)C2=O)cc1OC. The summed E-state index contributed by atoms with van der Waals surface area (Å²) in [6.45, 7) is 0.231. The Balaban J connectivity index is 1.84. The monoisotopic (exact) mass is 474 g/mol. The van der Waals surface area contributed by atoms with E-state index in [-0.39, 0.29) is 18.8 Å². The Morgan fingerprint density at radius 2 is 2.00 bits per heavy atom. The lowest BCUT2D eigenvalue weighted by Gasteiger charge is -2.12. The number of hydrogen-bond acceptors (Lipinski definition) is 4. The number of ether oxygens (including phenoxy) is 2. The van der Waals surface area contributed by atoms with Gasteiger partial charge in [-0.2, -0.15) is 0 Å². The number of nitrogens with one attached hydrogen (secondary N) is 1. The molecule has 0 aromatic heterocycles. The molecule has 0 bridgehead atoms. The molecule has 3 rings (SSSR count). The van der Waals surface area contributed by atoms with Gasteiger partial charge in [-0.05, 0) is 57.4 Å². The number of terminal acetylenes is 1. The van der Waals surface area contributed by atoms with Crippen LogP contribution in [0, 0.1) is 12.3 Å². The first-order valence-electron chi connectivity index (χ1n) is 8.45. The maximum Gasteiger partial charge on any atom is 0.329 e. The molecule has 1 N–H and O–H groups in total. The van der Waals surface area contributed by atoms with Crippen LogP contribution in [0.15, 0.2) is 46.6 Å². The zero-order chi connectivity index (χ0) is 21.0. The van der Waals surface area contributed by atoms with Crippen LogP contribution in [0.3, 0.4) is 0 Å². The highest BCUT2D eigenvalue weighted by Gasteiger charge is 2.33. The molecule has 0 unspecified atom stereocenters. The van der Waals surface area contributed by atoms with Gasteiger partial charge in [-0.15, -0.1) is 6.42 Å². The Morgan fingerprint density at radius 3 is 2.66 bits per heavy atom. The highest BCUT2D eigenvalue weighted by molar-refractivity contribution is 9.10. The van der Waals surface area contributed by atoms with Gasteiger partial charge in [0.05, 0.1) is 18.1 Å². The molecule has 1 fully saturated rings. The van der Waals surface area contributed by atoms with E-state index in [0.29, 0.717) is 26.6 Å². The van der Waals surface area contributed by atoms with E-state index >= 15 is 0 Å². The van der Waals surface area contributed by atoms with Gasteiger partial charge in [-0.1, -0.05) is 29.7 Å². The zero-order valence-electron chi connectivity index (χ0n) is 15.4. The maximum atomic E-state index is 12.7. The summed E-state index contributed by atoms with van der Waals surface area (Å²) in [5.74, 6) is 2.87. The van der Waals surface area contributed by atoms with E-state index in [1.165, 1.54) is 7.11 Å². The first kappa shape index (κ1) is 20.8. The third kappa shape index (κ3) is 4.73. The third-order valence-corrected chi connectivity index (χ3v) is 4.92. The van der Waals surface area contributed by atoms with Crippen LogP contribution >= 0.6 is 27.5 Å². The van der Waals surface area contributed by atoms with E-state index in [4.69, 9.17) is 27.5 Å². The number of imide groups is 1. The zero-order valence-corrected chi connectivity index (χ0v) is 17.7. The molecule has 0 radical (unpaired) electrons. The molecule has 29 heavy (non-hydrogen) atoms. The van der Waals surface area contributed by atoms with Crippen LogP contribution in [0.25, 0.3) is 6.08 Å². The Kier molecular flexibility index (Phi) is 6.47. The molecule has 6 nitrogen and oxygen atoms in total. The molecule has 0 spiro atoms. The van der Waals surface area contributed by atoms with Crippen molar-refractivity contribution in [1.29, 1.82) is 0 Å². The minimum absolute atomic E-state index is 0.0869. The van der Waals surface area contributed by atoms with Crippen LogP contribution < -0.4 is 14.8 Å². The molecule has 0 atom stereocenters. The van der Waals surface area contributed by atoms with Crippen molar-refractivity contribution in [3.05, 3.63) is 62.7 Å². The number of carbonyl (C=O) groups excluding carboxylic acids is 2. The van der Waals surface area contributed by atoms with Crippen LogP contribution in [-0.4, -0.2) is 30.6 Å². The van der Waals surface area contributed by atoms with Gasteiger partial charge < -0.3 is 14.8 Å². The first-order chi connectivity index (χ1) is 13.9. The number of halogens is 2. The molecule has 148 valence electrons. The third-order valence-electron chi connectivity index (χ3n) is 4.08. The van der Waals surface area contributed by atoms with E-state index in [2.05, 4.69) is 27.2 Å². The van der Waals surface area contributed by atoms with Crippen molar-refractivity contribution >= 4 is 45.5 Å². The van der Waals surface area contributed by atoms with Gasteiger partial charge >= 0.3 is 6.03 Å². The number of rotatable bonds is 6. The molecule has 1 heterocycles. The van der Waals surface area contributed by atoms with Gasteiger partial charge in [0.25, 0.3) is 5.91 Å². The molecular weight excluding hydrogens is 460 g/mol. The van der Waals surface area contributed by atoms with Gasteiger partial charge in [0, 0.05) is 5.02 Å². The standard InChI is InChI=1S/C21H16BrClN2O4/c1-3-8-29-19-16(22)9-14(11-18(19)28-2)10-17-20(26)25(21(27)24-17)12-13-4-6-15(23)7-5-13/h1,4-7,9-11H,8,12H2,2H3,(H,24,27)/b17-10-. The summed E-state index contributed by atoms with van der Waals surface area (Å²) in [5, 5.41) is 3.18. The number of hydrogen-bond donors (Lipinski definition) is 1. The summed E-state index contributed by atoms with van der Waals surface area (Å²) in [6.07, 6.45) is 6.80. The second-order valence-electron chi connectivity index (χ2n) is 6.03. The number of urea groups is 1. The van der Waals surface area contributed by atoms with Crippen molar-refractivity contribution < 1.29 is 19.1 Å². The molecule has 2 aromatic carbocycles. The van der Waals surface area contributed by atoms with Gasteiger partial charge in [-0.3, -0.25) is 9.69 Å². The van der Waals surface area contributed by atoms with Gasteiger partial charge in [-0.25, -0.2) is 4.79 Å². The summed E-state index contributed by atoms with van der Waals surface area (Å²) in [6, 6.07) is 9.88. The number of methoxy groups -OCH3 is 1. The molecule has 3 amide bonds. The second kappa shape index (κ2) is 9.03. The van der Waals surface area contributed by atoms with Crippen molar-refractivity contribution in [1.82, 2.24) is 10.2 Å². The van der Waals surface area contributed by atoms with Crippen LogP contribution in [0.4, 0.5) is 4.79 Å². The Labute approximate surface area is 181 Å². The average Bonchev–Trinajstić information content (AvgIpc) is 2.95. The predicted molar refractivity (Wildman–Crippen MR) is 114 cm³/mol. The molecule has 1 aliphatic rings. The van der Waals surface area contributed by atoms with Gasteiger partial charge in [0.15, 0.2) is 11.5 Å². The molecule has 1 aliphatic heterocycles. The van der Waals surface area contributed by atoms with Crippen LogP contribution in [0.5, 0.6) is 11.5 Å². The van der Waals surface area contributed by atoms with Gasteiger partial charge in [0.1, 0.15) is 12.3 Å². The molecule has 1 saturated heterocycles. The Bertz CT molecular complexity index is 1030. The maximum absolute atomic E-state index is 12.7. The molecule has 0 saturated carbocycles. The summed E-state index contributed by atoms with van der Waals surface area (Å²) in [7, 11) is 1.50. The highest BCUT2D eigenvalue weighted by Crippen LogP contribution is 2.37. The minimum atomic E-state index is -0.490. The van der Waals surface area contributed by atoms with Crippen LogP contribution in [0.1, 0.15) is 11.1 Å². The largest absolute Gasteiger partial charge is 0.493 e. The second-order valence-corrected chi connectivity index (χ2v) is 7.32. The fourth-order valence-electron chi connectivity index (χ4n) is 2.73. The lowest BCUT2D eigenvalue weighted by molar-refractivity contribution is -0.123. The fraction of sp³-hybridized carbons (Fsp3) is 0.143. The van der Waals surface area contributed by atoms with Crippen molar-refractivity contribution in [2.24, 2.45) is 0 Å². The highest BCUT2D eigenvalue weighted by atomic mass is 79.9. The van der Waals surface area contributed by atoms with Gasteiger partial charge in [0.2, 0.25) is 0 Å². The van der Waals surface area contributed by atoms with E-state index in [1.807, 2.05) is 0 Å². The summed E-state index contributed by atoms with van der Waals surface area (Å²) < 4.78 is 11.4. The molecule has 0 aliphatic carbocycles. The van der Waals surface area contributed by atoms with Crippen molar-refractivity contribution in [2.75, 3.05) is 13.7 Å². The normalized spacial score (nSPS) is 14.7. The summed E-state index contributed by atoms with van der Waals surface area (Å²) >= 11 is 9.29. The average molecular weight is 476 g/mol. The lowest BCUT2D eigenvalue weighted by Crippen LogP contribution is -2.30. The quantitative estimate of drug-likeness (QED) is 0.386. The molecular formula is C21H16BrClN2O4. The van der Waals surface area contributed by atoms with Crippen molar-refractivity contribution in [3.63, 3.8) is 0 Å². The van der Waals surface area contributed by atoms with E-state index in [9.17, 15) is 9.59 Å². The summed E-state index contributed by atoms with van der Waals surface area (Å²) in [4.78, 5) is 26.1. The van der Waals surface area contributed by atoms with E-state index < -0.39 is 11.9 Å². The number of nitrogens with zero attached hydrogens (tertiary/aromatic N) is 1. The Morgan fingerprint density at radius 1 is 1.28 bits per heavy atom. The minimum Gasteiger partial charge on any atom is -0.493 e. The number of amides is 3. The van der Waals surface area contributed by atoms with E-state index in [0.717, 1.165) is 10.5 Å². The molecule has 2 aromatic rings. The van der Waals surface area contributed by atoms with E-state index in [1.54, 1.807) is 42.5 Å². The predicted octanol–water partition coefficient (Wildman–Crippen LogP) is 4.22. The fourth-order valence-corrected chi connectivity index (χ4v) is 3.43. The topological polar surface area (TPSA) is 67.9 Å². The van der Waals surface area contributed by atoms with Crippen molar-refractivity contribution in [2.45, 2.75) is 6.54 Å². The van der Waals surface area contributed by atoms with Crippen LogP contribution in [0.2, 0.25) is 5.02 Å². The lowest BCUT2D eigenvalue weighted by atomic mass is 10.1. The first-order valence-corrected chi connectivity index (χ1v) is 9.62. The smallest absolute Gasteiger partial charge is 0.329 e. The van der Waals surface area contributed by atoms with Crippen LogP contribution in [-0.2, 0) is 11.3 Å².